The molecule has 0 aromatic heterocycles. The lowest BCUT2D eigenvalue weighted by atomic mass is 9.96. The molecule has 25 heavy (non-hydrogen) atoms. The van der Waals surface area contributed by atoms with Crippen LogP contribution in [0.4, 0.5) is 10.5 Å². The Morgan fingerprint density at radius 3 is 2.20 bits per heavy atom. The summed E-state index contributed by atoms with van der Waals surface area (Å²) in [6, 6.07) is 6.56. The Morgan fingerprint density at radius 1 is 1.08 bits per heavy atom. The third-order valence-electron chi connectivity index (χ3n) is 4.39. The van der Waals surface area contributed by atoms with Crippen LogP contribution in [0.2, 0.25) is 0 Å². The first-order valence-electron chi connectivity index (χ1n) is 8.01. The van der Waals surface area contributed by atoms with E-state index in [1.165, 1.54) is 4.90 Å². The van der Waals surface area contributed by atoms with E-state index in [1.807, 2.05) is 0 Å². The molecule has 1 fully saturated rings. The van der Waals surface area contributed by atoms with E-state index < -0.39 is 49.3 Å². The minimum atomic E-state index is -1.88. The molecule has 1 aliphatic heterocycles. The van der Waals surface area contributed by atoms with Crippen LogP contribution in [0.1, 0.15) is 6.92 Å². The predicted molar refractivity (Wildman–Crippen MR) is 87.6 cm³/mol. The van der Waals surface area contributed by atoms with Crippen LogP contribution < -0.4 is 4.90 Å². The highest BCUT2D eigenvalue weighted by Gasteiger charge is 2.51. The number of aliphatic hydroxyl groups is 6. The van der Waals surface area contributed by atoms with Crippen molar-refractivity contribution in [3.63, 3.8) is 0 Å². The number of carbonyl (C=O) groups is 1. The Hall–Kier alpha value is -1.75. The van der Waals surface area contributed by atoms with Gasteiger partial charge in [-0.1, -0.05) is 18.2 Å². The molecule has 0 bridgehead atoms. The fourth-order valence-corrected chi connectivity index (χ4v) is 2.99. The first-order valence-corrected chi connectivity index (χ1v) is 8.01. The fraction of sp³-hybridized carbons (Fsp3) is 0.562. The average molecular weight is 356 g/mol. The zero-order valence-electron chi connectivity index (χ0n) is 13.8. The third-order valence-corrected chi connectivity index (χ3v) is 4.39. The molecular formula is C16H24N2O7. The van der Waals surface area contributed by atoms with Crippen LogP contribution in [0.15, 0.2) is 30.3 Å². The fourth-order valence-electron chi connectivity index (χ4n) is 2.99. The summed E-state index contributed by atoms with van der Waals surface area (Å²) in [5.74, 6) is 0. The van der Waals surface area contributed by atoms with Crippen molar-refractivity contribution in [1.82, 2.24) is 4.90 Å². The summed E-state index contributed by atoms with van der Waals surface area (Å²) in [7, 11) is 0. The molecule has 0 aliphatic carbocycles. The number of rotatable bonds is 7. The first-order chi connectivity index (χ1) is 11.8. The zero-order chi connectivity index (χ0) is 18.7. The predicted octanol–water partition coefficient (Wildman–Crippen LogP) is -1.93. The van der Waals surface area contributed by atoms with Crippen LogP contribution in [0.5, 0.6) is 0 Å². The van der Waals surface area contributed by atoms with Gasteiger partial charge in [-0.3, -0.25) is 4.90 Å². The summed E-state index contributed by atoms with van der Waals surface area (Å²) in [5, 5.41) is 59.1. The number of benzene rings is 1. The molecule has 2 rings (SSSR count). The van der Waals surface area contributed by atoms with E-state index in [1.54, 1.807) is 37.3 Å². The highest BCUT2D eigenvalue weighted by Crippen LogP contribution is 2.30. The van der Waals surface area contributed by atoms with Crippen LogP contribution in [-0.4, -0.2) is 91.4 Å². The van der Waals surface area contributed by atoms with Crippen molar-refractivity contribution in [1.29, 1.82) is 0 Å². The maximum absolute atomic E-state index is 12.6. The molecule has 0 spiro atoms. The second kappa shape index (κ2) is 8.09. The maximum Gasteiger partial charge on any atom is 0.327 e. The number of amides is 2. The van der Waals surface area contributed by atoms with Gasteiger partial charge in [-0.15, -0.1) is 0 Å². The van der Waals surface area contributed by atoms with E-state index in [-0.39, 0.29) is 6.54 Å². The van der Waals surface area contributed by atoms with Crippen molar-refractivity contribution >= 4 is 11.7 Å². The van der Waals surface area contributed by atoms with E-state index in [2.05, 4.69) is 0 Å². The molecule has 0 radical (unpaired) electrons. The van der Waals surface area contributed by atoms with Crippen molar-refractivity contribution in [2.45, 2.75) is 43.6 Å². The lowest BCUT2D eigenvalue weighted by Crippen LogP contribution is -2.56. The van der Waals surface area contributed by atoms with Gasteiger partial charge in [0.2, 0.25) is 0 Å². The van der Waals surface area contributed by atoms with Gasteiger partial charge < -0.3 is 35.5 Å². The zero-order valence-corrected chi connectivity index (χ0v) is 13.8. The molecule has 6 N–H and O–H groups in total. The molecule has 1 aliphatic rings. The molecule has 1 saturated heterocycles. The first kappa shape index (κ1) is 19.6. The van der Waals surface area contributed by atoms with Crippen LogP contribution in [0, 0.1) is 0 Å². The van der Waals surface area contributed by atoms with Gasteiger partial charge in [0.25, 0.3) is 0 Å². The number of carbonyl (C=O) groups excluding carboxylic acids is 1. The number of para-hydroxylation sites is 1. The minimum absolute atomic E-state index is 0.145. The number of likely N-dealkylation sites (N-methyl/N-ethyl adjacent to an activating group) is 1. The van der Waals surface area contributed by atoms with Gasteiger partial charge in [0, 0.05) is 12.2 Å². The topological polar surface area (TPSA) is 145 Å². The summed E-state index contributed by atoms with van der Waals surface area (Å²) < 4.78 is 0. The number of hydrogen-bond acceptors (Lipinski definition) is 7. The molecule has 9 heteroatoms. The number of urea groups is 1. The van der Waals surface area contributed by atoms with Gasteiger partial charge in [0.1, 0.15) is 30.5 Å². The summed E-state index contributed by atoms with van der Waals surface area (Å²) >= 11 is 0. The second-order valence-corrected chi connectivity index (χ2v) is 5.90. The summed E-state index contributed by atoms with van der Waals surface area (Å²) in [5.41, 5.74) is 0.415. The maximum atomic E-state index is 12.6. The Balaban J connectivity index is 2.28. The van der Waals surface area contributed by atoms with Crippen LogP contribution in [0.25, 0.3) is 0 Å². The standard InChI is InChI=1S/C16H24N2O7/c1-2-17-11(13(22)14(23)12(21)10(20)8-19)15(24)18(16(17)25)9-6-4-3-5-7-9/h3-7,10-15,19-24H,2,8H2,1H3/t10-,11+,12+,13+,14+,15+/m1/s1. The minimum Gasteiger partial charge on any atom is -0.394 e. The van der Waals surface area contributed by atoms with Gasteiger partial charge in [0.05, 0.1) is 6.61 Å². The van der Waals surface area contributed by atoms with E-state index in [4.69, 9.17) is 5.11 Å². The Labute approximate surface area is 145 Å². The van der Waals surface area contributed by atoms with E-state index in [0.29, 0.717) is 5.69 Å². The van der Waals surface area contributed by atoms with Crippen molar-refractivity contribution in [2.75, 3.05) is 18.1 Å². The molecule has 140 valence electrons. The molecule has 9 nitrogen and oxygen atoms in total. The van der Waals surface area contributed by atoms with E-state index in [0.717, 1.165) is 4.90 Å². The van der Waals surface area contributed by atoms with Gasteiger partial charge in [-0.25, -0.2) is 4.79 Å². The highest BCUT2D eigenvalue weighted by atomic mass is 16.4. The largest absolute Gasteiger partial charge is 0.394 e. The van der Waals surface area contributed by atoms with Crippen LogP contribution >= 0.6 is 0 Å². The molecule has 1 aromatic rings. The van der Waals surface area contributed by atoms with Gasteiger partial charge in [-0.2, -0.15) is 0 Å². The summed E-state index contributed by atoms with van der Waals surface area (Å²) in [6.07, 6.45) is -8.60. The number of anilines is 1. The second-order valence-electron chi connectivity index (χ2n) is 5.90. The number of aliphatic hydroxyl groups excluding tert-OH is 6. The molecule has 1 aromatic carbocycles. The normalized spacial score (nSPS) is 25.8. The van der Waals surface area contributed by atoms with Gasteiger partial charge in [0.15, 0.2) is 6.23 Å². The molecule has 0 unspecified atom stereocenters. The van der Waals surface area contributed by atoms with Gasteiger partial charge >= 0.3 is 6.03 Å². The summed E-state index contributed by atoms with van der Waals surface area (Å²) in [4.78, 5) is 14.8. The Morgan fingerprint density at radius 2 is 1.68 bits per heavy atom. The molecule has 2 amide bonds. The highest BCUT2D eigenvalue weighted by molar-refractivity contribution is 5.95. The Kier molecular flexibility index (Phi) is 6.33. The lowest BCUT2D eigenvalue weighted by Gasteiger charge is -2.33. The molecular weight excluding hydrogens is 332 g/mol. The quantitative estimate of drug-likeness (QED) is 0.334. The summed E-state index contributed by atoms with van der Waals surface area (Å²) in [6.45, 7) is 0.973. The van der Waals surface area contributed by atoms with Gasteiger partial charge in [-0.05, 0) is 19.1 Å². The van der Waals surface area contributed by atoms with Crippen LogP contribution in [-0.2, 0) is 0 Å². The average Bonchev–Trinajstić information content (AvgIpc) is 2.89. The van der Waals surface area contributed by atoms with E-state index in [9.17, 15) is 30.3 Å². The van der Waals surface area contributed by atoms with Crippen molar-refractivity contribution in [3.05, 3.63) is 30.3 Å². The molecule has 6 atom stereocenters. The smallest absolute Gasteiger partial charge is 0.327 e. The van der Waals surface area contributed by atoms with E-state index >= 15 is 0 Å². The number of hydrogen-bond donors (Lipinski definition) is 6. The lowest BCUT2D eigenvalue weighted by molar-refractivity contribution is -0.134. The third kappa shape index (κ3) is 3.61. The SMILES string of the molecule is CCN1C(=O)N(c2ccccc2)[C@@H](O)[C@@H]1[C@H](O)[C@@H](O)[C@@H](O)[C@H](O)CO. The molecule has 0 saturated carbocycles. The Bertz CT molecular complexity index is 573. The monoisotopic (exact) mass is 356 g/mol. The van der Waals surface area contributed by atoms with Crippen molar-refractivity contribution in [3.8, 4) is 0 Å². The van der Waals surface area contributed by atoms with Crippen LogP contribution in [0.3, 0.4) is 0 Å². The number of nitrogens with zero attached hydrogens (tertiary/aromatic N) is 2. The van der Waals surface area contributed by atoms with Crippen molar-refractivity contribution < 1.29 is 35.4 Å². The van der Waals surface area contributed by atoms with Crippen molar-refractivity contribution in [2.24, 2.45) is 0 Å². The molecule has 1 heterocycles.